The zero-order valence-electron chi connectivity index (χ0n) is 32.1. The molecule has 49 heavy (non-hydrogen) atoms. The monoisotopic (exact) mass is 681 g/mol. The number of nitrogens with one attached hydrogen (secondary N) is 2. The summed E-state index contributed by atoms with van der Waals surface area (Å²) in [5.74, 6) is 1.58. The Bertz CT molecular complexity index is 1330. The van der Waals surface area contributed by atoms with E-state index in [1.807, 2.05) is 0 Å². The van der Waals surface area contributed by atoms with Crippen molar-refractivity contribution in [1.29, 1.82) is 0 Å². The summed E-state index contributed by atoms with van der Waals surface area (Å²) in [6.45, 7) is 24.5. The highest BCUT2D eigenvalue weighted by Crippen LogP contribution is 2.78. The molecule has 0 aromatic heterocycles. The molecular formula is C42H68N2O5. The molecule has 7 nitrogen and oxygen atoms in total. The van der Waals surface area contributed by atoms with Gasteiger partial charge >= 0.3 is 11.9 Å². The highest BCUT2D eigenvalue weighted by molar-refractivity contribution is 5.81. The Morgan fingerprint density at radius 1 is 0.857 bits per heavy atom. The number of ether oxygens (including phenoxy) is 1. The molecule has 276 valence electrons. The van der Waals surface area contributed by atoms with Gasteiger partial charge in [0.1, 0.15) is 6.10 Å². The average Bonchev–Trinajstić information content (AvgIpc) is 3.38. The van der Waals surface area contributed by atoms with E-state index < -0.39 is 11.4 Å². The summed E-state index contributed by atoms with van der Waals surface area (Å²) in [6, 6.07) is 0.306. The lowest BCUT2D eigenvalue weighted by molar-refractivity contribution is -0.250. The number of amides is 1. The number of fused-ring (bicyclic) bond motifs is 7. The third-order valence-corrected chi connectivity index (χ3v) is 16.8. The number of carbonyl (C=O) groups is 3. The molecule has 7 heteroatoms. The zero-order valence-corrected chi connectivity index (χ0v) is 32.1. The van der Waals surface area contributed by atoms with Crippen LogP contribution in [0, 0.1) is 62.1 Å². The van der Waals surface area contributed by atoms with Gasteiger partial charge in [-0.3, -0.25) is 14.4 Å². The maximum Gasteiger partial charge on any atom is 0.309 e. The number of piperidine rings is 1. The van der Waals surface area contributed by atoms with Gasteiger partial charge in [0, 0.05) is 17.9 Å². The van der Waals surface area contributed by atoms with Gasteiger partial charge in [0.25, 0.3) is 0 Å². The van der Waals surface area contributed by atoms with E-state index in [-0.39, 0.29) is 51.5 Å². The molecule has 0 aromatic carbocycles. The van der Waals surface area contributed by atoms with Crippen LogP contribution >= 0.6 is 0 Å². The SMILES string of the molecule is C=C(C)[C@@H]1CC[C@]2(CC(=O)NC3CCNCC3)CC[C@]3(C)[C@H](CC[C@@H]4[C@@]5(C)CC[C@H](OC(=O)CC(C)(C)C(=O)O)C(C)(C)[C@@H]5CC[C@]43C)[C@@H]12. The molecule has 6 aliphatic rings. The number of carbonyl (C=O) groups excluding carboxylic acids is 2. The molecule has 5 saturated carbocycles. The van der Waals surface area contributed by atoms with Crippen molar-refractivity contribution in [3.05, 3.63) is 12.2 Å². The van der Waals surface area contributed by atoms with Crippen LogP contribution in [-0.4, -0.2) is 48.2 Å². The van der Waals surface area contributed by atoms with Gasteiger partial charge in [-0.2, -0.15) is 0 Å². The Morgan fingerprint density at radius 2 is 1.55 bits per heavy atom. The quantitative estimate of drug-likeness (QED) is 0.176. The van der Waals surface area contributed by atoms with Crippen molar-refractivity contribution in [2.75, 3.05) is 13.1 Å². The van der Waals surface area contributed by atoms with Gasteiger partial charge in [-0.1, -0.05) is 46.8 Å². The third-order valence-electron chi connectivity index (χ3n) is 16.8. The van der Waals surface area contributed by atoms with E-state index in [0.29, 0.717) is 42.1 Å². The smallest absolute Gasteiger partial charge is 0.309 e. The maximum absolute atomic E-state index is 13.8. The zero-order chi connectivity index (χ0) is 35.8. The number of carboxylic acid groups (broad SMARTS) is 1. The summed E-state index contributed by atoms with van der Waals surface area (Å²) < 4.78 is 6.18. The van der Waals surface area contributed by atoms with Crippen LogP contribution in [0.3, 0.4) is 0 Å². The van der Waals surface area contributed by atoms with Gasteiger partial charge < -0.3 is 20.5 Å². The normalized spacial score (nSPS) is 43.3. The van der Waals surface area contributed by atoms with E-state index in [2.05, 4.69) is 58.8 Å². The van der Waals surface area contributed by atoms with E-state index in [0.717, 1.165) is 58.0 Å². The lowest BCUT2D eigenvalue weighted by atomic mass is 9.32. The van der Waals surface area contributed by atoms with Crippen molar-refractivity contribution in [1.82, 2.24) is 10.6 Å². The van der Waals surface area contributed by atoms with Gasteiger partial charge in [-0.05, 0) is 162 Å². The van der Waals surface area contributed by atoms with Gasteiger partial charge in [-0.25, -0.2) is 0 Å². The summed E-state index contributed by atoms with van der Waals surface area (Å²) in [4.78, 5) is 38.6. The Kier molecular flexibility index (Phi) is 9.53. The molecule has 10 atom stereocenters. The molecular weight excluding hydrogens is 612 g/mol. The number of rotatable bonds is 8. The fourth-order valence-electron chi connectivity index (χ4n) is 14.0. The van der Waals surface area contributed by atoms with Crippen LogP contribution in [0.15, 0.2) is 12.2 Å². The average molecular weight is 681 g/mol. The van der Waals surface area contributed by atoms with Crippen LogP contribution in [0.4, 0.5) is 0 Å². The molecule has 0 bridgehead atoms. The molecule has 0 unspecified atom stereocenters. The first-order valence-corrected chi connectivity index (χ1v) is 19.9. The fourth-order valence-corrected chi connectivity index (χ4v) is 14.0. The Balaban J connectivity index is 1.23. The minimum Gasteiger partial charge on any atom is -0.481 e. The fraction of sp³-hybridized carbons (Fsp3) is 0.881. The first-order chi connectivity index (χ1) is 22.8. The van der Waals surface area contributed by atoms with Crippen molar-refractivity contribution < 1.29 is 24.2 Å². The summed E-state index contributed by atoms with van der Waals surface area (Å²) >= 11 is 0. The largest absolute Gasteiger partial charge is 0.481 e. The maximum atomic E-state index is 13.8. The van der Waals surface area contributed by atoms with Crippen LogP contribution < -0.4 is 10.6 Å². The van der Waals surface area contributed by atoms with Crippen LogP contribution in [0.5, 0.6) is 0 Å². The summed E-state index contributed by atoms with van der Waals surface area (Å²) in [6.07, 6.45) is 13.8. The van der Waals surface area contributed by atoms with Crippen molar-refractivity contribution in [3.63, 3.8) is 0 Å². The number of hydrogen-bond donors (Lipinski definition) is 3. The van der Waals surface area contributed by atoms with Crippen LogP contribution in [-0.2, 0) is 19.1 Å². The molecule has 1 heterocycles. The van der Waals surface area contributed by atoms with Crippen LogP contribution in [0.25, 0.3) is 0 Å². The van der Waals surface area contributed by atoms with Gasteiger partial charge in [0.15, 0.2) is 0 Å². The number of hydrogen-bond acceptors (Lipinski definition) is 5. The second-order valence-electron chi connectivity index (χ2n) is 20.0. The number of allylic oxidation sites excluding steroid dienone is 1. The lowest BCUT2D eigenvalue weighted by Gasteiger charge is -2.73. The molecule has 1 aliphatic heterocycles. The van der Waals surface area contributed by atoms with E-state index >= 15 is 0 Å². The molecule has 1 saturated heterocycles. The van der Waals surface area contributed by atoms with Crippen LogP contribution in [0.2, 0.25) is 0 Å². The summed E-state index contributed by atoms with van der Waals surface area (Å²) in [7, 11) is 0. The molecule has 6 fully saturated rings. The Morgan fingerprint density at radius 3 is 2.20 bits per heavy atom. The molecule has 0 radical (unpaired) electrons. The van der Waals surface area contributed by atoms with Crippen molar-refractivity contribution in [2.24, 2.45) is 62.1 Å². The minimum atomic E-state index is -1.14. The van der Waals surface area contributed by atoms with E-state index in [4.69, 9.17) is 4.74 Å². The van der Waals surface area contributed by atoms with E-state index in [1.54, 1.807) is 13.8 Å². The Hall–Kier alpha value is -1.89. The van der Waals surface area contributed by atoms with E-state index in [9.17, 15) is 19.5 Å². The van der Waals surface area contributed by atoms with Gasteiger partial charge in [0.2, 0.25) is 5.91 Å². The molecule has 1 amide bonds. The van der Waals surface area contributed by atoms with Crippen molar-refractivity contribution >= 4 is 17.8 Å². The Labute approximate surface area is 296 Å². The van der Waals surface area contributed by atoms with Crippen molar-refractivity contribution in [3.8, 4) is 0 Å². The number of aliphatic carboxylic acids is 1. The van der Waals surface area contributed by atoms with Gasteiger partial charge in [0.05, 0.1) is 11.8 Å². The highest BCUT2D eigenvalue weighted by Gasteiger charge is 2.71. The highest BCUT2D eigenvalue weighted by atomic mass is 16.5. The minimum absolute atomic E-state index is 0.0776. The van der Waals surface area contributed by atoms with Crippen LogP contribution in [0.1, 0.15) is 145 Å². The first kappa shape index (κ1) is 36.9. The molecule has 5 aliphatic carbocycles. The number of esters is 1. The third kappa shape index (κ3) is 5.92. The summed E-state index contributed by atoms with van der Waals surface area (Å²) in [5.41, 5.74) is 0.639. The lowest BCUT2D eigenvalue weighted by Crippen LogP contribution is -2.67. The second kappa shape index (κ2) is 12.7. The predicted octanol–water partition coefficient (Wildman–Crippen LogP) is 8.32. The molecule has 6 rings (SSSR count). The van der Waals surface area contributed by atoms with E-state index in [1.165, 1.54) is 37.7 Å². The second-order valence-corrected chi connectivity index (χ2v) is 20.0. The van der Waals surface area contributed by atoms with Gasteiger partial charge in [-0.15, -0.1) is 0 Å². The first-order valence-electron chi connectivity index (χ1n) is 19.9. The molecule has 0 aromatic rings. The standard InChI is InChI=1S/C42H68N2O5/c1-26(2)28-12-19-42(24-33(45)44-27-15-22-43-23-16-27)21-20-40(8)29(35(28)42)10-11-31-39(7)17-14-32(49-34(46)25-37(3,4)36(47)48)38(5,6)30(39)13-18-41(31,40)9/h27-32,35,43H,1,10-25H2,2-9H3,(H,44,45)(H,47,48)/t28-,29+,30-,31+,32-,35+,39-,40+,41+,42+/m0/s1. The molecule has 0 spiro atoms. The molecule has 3 N–H and O–H groups in total. The number of carboxylic acids is 1. The summed E-state index contributed by atoms with van der Waals surface area (Å²) in [5, 5.41) is 16.5. The van der Waals surface area contributed by atoms with Crippen molar-refractivity contribution in [2.45, 2.75) is 157 Å². The topological polar surface area (TPSA) is 105 Å². The predicted molar refractivity (Wildman–Crippen MR) is 194 cm³/mol.